The number of unbranched alkanes of at least 4 members (excludes halogenated alkanes) is 5. The van der Waals surface area contributed by atoms with Gasteiger partial charge in [0.2, 0.25) is 0 Å². The molecule has 1 rings (SSSR count). The Morgan fingerprint density at radius 2 is 1.62 bits per heavy atom. The molecular weight excluding hydrogens is 196 g/mol. The minimum Gasteiger partial charge on any atom is -0.142 e. The first-order valence-electron chi connectivity index (χ1n) is 5.24. The van der Waals surface area contributed by atoms with Crippen molar-refractivity contribution in [3.05, 3.63) is 10.1 Å². The number of thiol groups is 1. The van der Waals surface area contributed by atoms with Gasteiger partial charge in [0.15, 0.2) is 0 Å². The van der Waals surface area contributed by atoms with Crippen LogP contribution in [0.2, 0.25) is 0 Å². The third-order valence-electron chi connectivity index (χ3n) is 2.49. The molecule has 0 amide bonds. The van der Waals surface area contributed by atoms with Gasteiger partial charge in [-0.2, -0.15) is 0 Å². The third-order valence-corrected chi connectivity index (χ3v) is 3.59. The molecule has 1 aromatic rings. The van der Waals surface area contributed by atoms with Gasteiger partial charge in [0.25, 0.3) is 0 Å². The molecule has 0 radical (unpaired) electrons. The fraction of sp³-hybridized carbons (Fsp3) is 0.727. The van der Waals surface area contributed by atoms with Crippen molar-refractivity contribution in [1.29, 1.82) is 0 Å². The molecule has 0 aliphatic carbocycles. The van der Waals surface area contributed by atoms with Crippen LogP contribution in [-0.2, 0) is 6.42 Å². The average Bonchev–Trinajstić information content (AvgIpc) is 2.68. The van der Waals surface area contributed by atoms with Gasteiger partial charge in [0, 0.05) is 4.90 Å². The summed E-state index contributed by atoms with van der Waals surface area (Å²) in [6, 6.07) is 0. The molecule has 0 spiro atoms. The summed E-state index contributed by atoms with van der Waals surface area (Å²) in [5.41, 5.74) is 1.36. The monoisotopic (exact) mass is 214 g/mol. The highest BCUT2D eigenvalue weighted by atomic mass is 32.1. The molecule has 0 atom stereocenters. The number of hydrogen-bond donors (Lipinski definition) is 1. The van der Waals surface area contributed by atoms with Gasteiger partial charge in [-0.3, -0.25) is 0 Å². The maximum absolute atomic E-state index is 5.06. The molecule has 0 saturated heterocycles. The molecule has 0 aromatic heterocycles. The molecule has 0 fully saturated rings. The smallest absolute Gasteiger partial charge is 0.0557 e. The van der Waals surface area contributed by atoms with Crippen LogP contribution in [0.1, 0.15) is 51.0 Å². The topological polar surface area (TPSA) is 0 Å². The Labute approximate surface area is 91.8 Å². The Kier molecular flexibility index (Phi) is 5.04. The van der Waals surface area contributed by atoms with Crippen molar-refractivity contribution in [2.75, 3.05) is 0 Å². The van der Waals surface area contributed by atoms with Gasteiger partial charge in [-0.05, 0) is 18.4 Å². The molecule has 0 heterocycles. The molecule has 0 unspecified atom stereocenters. The van der Waals surface area contributed by atoms with Crippen molar-refractivity contribution >= 4 is 24.8 Å². The first-order chi connectivity index (χ1) is 6.27. The predicted molar refractivity (Wildman–Crippen MR) is 64.0 cm³/mol. The third kappa shape index (κ3) is 3.82. The van der Waals surface area contributed by atoms with E-state index in [2.05, 4.69) is 19.6 Å². The molecule has 74 valence electrons. The van der Waals surface area contributed by atoms with Crippen LogP contribution in [0.25, 0.3) is 0 Å². The van der Waals surface area contributed by atoms with Crippen molar-refractivity contribution in [3.63, 3.8) is 0 Å². The Hall–Kier alpha value is 0.180. The zero-order valence-corrected chi connectivity index (χ0v) is 10.0. The van der Waals surface area contributed by atoms with Crippen LogP contribution in [0.3, 0.4) is 0 Å². The maximum Gasteiger partial charge on any atom is 0.0557 e. The molecule has 2 heteroatoms. The van der Waals surface area contributed by atoms with E-state index >= 15 is 0 Å². The van der Waals surface area contributed by atoms with Crippen molar-refractivity contribution in [1.82, 2.24) is 0 Å². The lowest BCUT2D eigenvalue weighted by atomic mass is 10.1. The minimum atomic E-state index is 1.04. The Balaban J connectivity index is 1.91. The second-order valence-corrected chi connectivity index (χ2v) is 4.53. The first kappa shape index (κ1) is 11.3. The summed E-state index contributed by atoms with van der Waals surface area (Å²) in [5, 5.41) is 0. The Bertz CT molecular complexity index is 256. The van der Waals surface area contributed by atoms with Crippen LogP contribution in [0.4, 0.5) is 0 Å². The summed E-state index contributed by atoms with van der Waals surface area (Å²) in [6.45, 7) is 2.25. The Morgan fingerprint density at radius 1 is 1.08 bits per heavy atom. The molecule has 0 aliphatic heterocycles. The molecule has 0 nitrogen and oxygen atoms in total. The summed E-state index contributed by atoms with van der Waals surface area (Å²) in [5.74, 6) is 0. The largest absolute Gasteiger partial charge is 0.142 e. The van der Waals surface area contributed by atoms with E-state index in [1.165, 1.54) is 50.5 Å². The van der Waals surface area contributed by atoms with E-state index in [4.69, 9.17) is 12.2 Å². The fourth-order valence-corrected chi connectivity index (χ4v) is 2.16. The van der Waals surface area contributed by atoms with Gasteiger partial charge in [0.1, 0.15) is 0 Å². The highest BCUT2D eigenvalue weighted by Gasteiger charge is 2.12. The fourth-order valence-electron chi connectivity index (χ4n) is 1.51. The van der Waals surface area contributed by atoms with Gasteiger partial charge >= 0.3 is 0 Å². The van der Waals surface area contributed by atoms with Crippen molar-refractivity contribution < 1.29 is 0 Å². The minimum absolute atomic E-state index is 1.04. The van der Waals surface area contributed by atoms with Crippen LogP contribution in [-0.4, -0.2) is 0 Å². The normalized spacial score (nSPS) is 11.2. The van der Waals surface area contributed by atoms with Gasteiger partial charge in [-0.25, -0.2) is 0 Å². The van der Waals surface area contributed by atoms with E-state index in [-0.39, 0.29) is 0 Å². The quantitative estimate of drug-likeness (QED) is 0.396. The first-order valence-corrected chi connectivity index (χ1v) is 6.09. The van der Waals surface area contributed by atoms with Gasteiger partial charge < -0.3 is 0 Å². The molecule has 0 bridgehead atoms. The Morgan fingerprint density at radius 3 is 2.15 bits per heavy atom. The number of hydrogen-bond acceptors (Lipinski definition) is 2. The summed E-state index contributed by atoms with van der Waals surface area (Å²) in [6.07, 6.45) is 9.32. The molecule has 13 heavy (non-hydrogen) atoms. The summed E-state index contributed by atoms with van der Waals surface area (Å²) in [7, 11) is 0. The second kappa shape index (κ2) is 5.82. The molecule has 0 N–H and O–H groups in total. The molecule has 0 aliphatic rings. The van der Waals surface area contributed by atoms with E-state index in [1.54, 1.807) is 0 Å². The highest BCUT2D eigenvalue weighted by molar-refractivity contribution is 7.81. The van der Waals surface area contributed by atoms with Crippen LogP contribution in [0, 0.1) is 4.51 Å². The summed E-state index contributed by atoms with van der Waals surface area (Å²) in [4.78, 5) is 1.10. The highest BCUT2D eigenvalue weighted by Crippen LogP contribution is 2.29. The zero-order chi connectivity index (χ0) is 9.68. The lowest BCUT2D eigenvalue weighted by Gasteiger charge is -1.97. The SMILES string of the molecule is CCCCCCCCc1c(S)c1=S. The summed E-state index contributed by atoms with van der Waals surface area (Å²) < 4.78 is 1.04. The molecule has 1 aromatic carbocycles. The van der Waals surface area contributed by atoms with Crippen molar-refractivity contribution in [3.8, 4) is 0 Å². The lowest BCUT2D eigenvalue weighted by Crippen LogP contribution is -1.80. The van der Waals surface area contributed by atoms with Crippen LogP contribution >= 0.6 is 24.8 Å². The zero-order valence-electron chi connectivity index (χ0n) is 8.31. The summed E-state index contributed by atoms with van der Waals surface area (Å²) >= 11 is 9.33. The molecular formula is C11H18S2. The van der Waals surface area contributed by atoms with Crippen molar-refractivity contribution in [2.45, 2.75) is 56.8 Å². The van der Waals surface area contributed by atoms with Crippen molar-refractivity contribution in [2.24, 2.45) is 0 Å². The van der Waals surface area contributed by atoms with E-state index in [9.17, 15) is 0 Å². The lowest BCUT2D eigenvalue weighted by molar-refractivity contribution is 0.608. The van der Waals surface area contributed by atoms with Gasteiger partial charge in [0.05, 0.1) is 4.51 Å². The van der Waals surface area contributed by atoms with Gasteiger partial charge in [-0.15, -0.1) is 12.6 Å². The van der Waals surface area contributed by atoms with Crippen LogP contribution < -0.4 is 0 Å². The second-order valence-electron chi connectivity index (χ2n) is 3.67. The van der Waals surface area contributed by atoms with Crippen LogP contribution in [0.5, 0.6) is 0 Å². The standard InChI is InChI=1S/C11H18S2/c1-2-3-4-5-6-7-8-9-10(12)11(9)13/h12H,2-8H2,1H3. The average molecular weight is 214 g/mol. The van der Waals surface area contributed by atoms with Gasteiger partial charge in [-0.1, -0.05) is 51.2 Å². The van der Waals surface area contributed by atoms with Crippen LogP contribution in [0.15, 0.2) is 4.90 Å². The van der Waals surface area contributed by atoms with E-state index in [0.717, 1.165) is 9.41 Å². The maximum atomic E-state index is 5.06. The van der Waals surface area contributed by atoms with E-state index in [0.29, 0.717) is 0 Å². The molecule has 0 saturated carbocycles. The number of rotatable bonds is 7. The van der Waals surface area contributed by atoms with E-state index < -0.39 is 0 Å². The van der Waals surface area contributed by atoms with E-state index in [1.807, 2.05) is 0 Å². The predicted octanol–water partition coefficient (Wildman–Crippen LogP) is 4.48.